The number of urea groups is 1. The highest BCUT2D eigenvalue weighted by atomic mass is 16.5. The lowest BCUT2D eigenvalue weighted by atomic mass is 9.85. The molecule has 6 N–H and O–H groups in total. The number of alkyl carbamates (subject to hydrolysis) is 1. The third-order valence-electron chi connectivity index (χ3n) is 9.36. The van der Waals surface area contributed by atoms with Gasteiger partial charge in [0.25, 0.3) is 5.91 Å². The number of carbonyl (C=O) groups is 6. The second kappa shape index (κ2) is 15.0. The number of nitrogens with zero attached hydrogens (tertiary/aromatic N) is 1. The highest BCUT2D eigenvalue weighted by Gasteiger charge is 2.46. The number of nitrogens with one attached hydrogen (secondary N) is 4. The average molecular weight is 649 g/mol. The molecule has 3 unspecified atom stereocenters. The molecule has 0 aromatic carbocycles. The first kappa shape index (κ1) is 37.1. The lowest BCUT2D eigenvalue weighted by molar-refractivity contribution is -0.143. The molecule has 46 heavy (non-hydrogen) atoms. The molecule has 3 fully saturated rings. The summed E-state index contributed by atoms with van der Waals surface area (Å²) in [5.74, 6) is -1.97. The first-order valence-corrected chi connectivity index (χ1v) is 16.7. The SMILES string of the molecule is CC(C)C1C[C@@H](C(=O)NC(CC2CC2)C(=O)C(N)=O)N(C(=O)[C@@H](NC(=O)NC(COC(=O)NCC2CC2)C(C)(C)C)C(C)(C)C)C1. The molecule has 5 atom stereocenters. The van der Waals surface area contributed by atoms with Gasteiger partial charge in [-0.25, -0.2) is 9.59 Å². The van der Waals surface area contributed by atoms with E-state index in [1.54, 1.807) is 0 Å². The Balaban J connectivity index is 1.74. The Hall–Kier alpha value is -3.38. The predicted octanol–water partition coefficient (Wildman–Crippen LogP) is 2.46. The van der Waals surface area contributed by atoms with Crippen molar-refractivity contribution in [3.63, 3.8) is 0 Å². The van der Waals surface area contributed by atoms with E-state index in [1.165, 1.54) is 4.90 Å². The molecule has 1 aliphatic heterocycles. The zero-order valence-electron chi connectivity index (χ0n) is 28.9. The molecule has 1 heterocycles. The van der Waals surface area contributed by atoms with E-state index in [-0.39, 0.29) is 24.4 Å². The first-order valence-electron chi connectivity index (χ1n) is 16.7. The largest absolute Gasteiger partial charge is 0.447 e. The topological polar surface area (TPSA) is 189 Å². The Morgan fingerprint density at radius 1 is 0.870 bits per heavy atom. The molecule has 0 aromatic heterocycles. The molecule has 0 bridgehead atoms. The number of nitrogens with two attached hydrogens (primary N) is 1. The van der Waals surface area contributed by atoms with Crippen LogP contribution < -0.4 is 27.0 Å². The van der Waals surface area contributed by atoms with Crippen molar-refractivity contribution in [1.29, 1.82) is 0 Å². The Morgan fingerprint density at radius 2 is 1.48 bits per heavy atom. The standard InChI is InChI=1S/C33H56N6O7/c1-18(2)21-14-23(28(42)36-22(13-19-9-10-19)25(40)27(34)41)39(16-21)29(43)26(33(6,7)8)38-30(44)37-24(32(3,4)5)17-46-31(45)35-15-20-11-12-20/h18-24,26H,9-17H2,1-8H3,(H2,34,41)(H,35,45)(H,36,42)(H2,37,38,44)/t21?,22?,23-,24?,26+/m0/s1. The highest BCUT2D eigenvalue weighted by Crippen LogP contribution is 2.35. The minimum atomic E-state index is -1.11. The van der Waals surface area contributed by atoms with Crippen LogP contribution in [0.25, 0.3) is 0 Å². The van der Waals surface area contributed by atoms with E-state index in [2.05, 4.69) is 21.3 Å². The van der Waals surface area contributed by atoms with Gasteiger partial charge in [0.1, 0.15) is 18.7 Å². The minimum Gasteiger partial charge on any atom is -0.447 e. The summed E-state index contributed by atoms with van der Waals surface area (Å²) in [6.45, 7) is 16.1. The highest BCUT2D eigenvalue weighted by molar-refractivity contribution is 6.37. The smallest absolute Gasteiger partial charge is 0.407 e. The Morgan fingerprint density at radius 3 is 1.98 bits per heavy atom. The van der Waals surface area contributed by atoms with Gasteiger partial charge < -0.3 is 36.6 Å². The van der Waals surface area contributed by atoms with Crippen molar-refractivity contribution in [2.75, 3.05) is 19.7 Å². The Kier molecular flexibility index (Phi) is 12.1. The summed E-state index contributed by atoms with van der Waals surface area (Å²) >= 11 is 0. The van der Waals surface area contributed by atoms with E-state index in [0.29, 0.717) is 31.8 Å². The number of carbonyl (C=O) groups excluding carboxylic acids is 6. The average Bonchev–Trinajstić information content (AvgIpc) is 3.88. The summed E-state index contributed by atoms with van der Waals surface area (Å²) in [6, 6.07) is -4.10. The summed E-state index contributed by atoms with van der Waals surface area (Å²) in [5.41, 5.74) is 4.06. The maximum atomic E-state index is 14.2. The van der Waals surface area contributed by atoms with E-state index in [0.717, 1.165) is 25.7 Å². The van der Waals surface area contributed by atoms with Gasteiger partial charge in [-0.15, -0.1) is 0 Å². The molecule has 3 rings (SSSR count). The second-order valence-corrected chi connectivity index (χ2v) is 16.0. The number of ketones is 1. The van der Waals surface area contributed by atoms with Crippen LogP contribution in [0.1, 0.15) is 93.9 Å². The molecule has 13 nitrogen and oxygen atoms in total. The van der Waals surface area contributed by atoms with Crippen molar-refractivity contribution < 1.29 is 33.5 Å². The maximum Gasteiger partial charge on any atom is 0.407 e. The number of hydrogen-bond acceptors (Lipinski definition) is 7. The predicted molar refractivity (Wildman–Crippen MR) is 172 cm³/mol. The number of rotatable bonds is 14. The molecule has 1 saturated heterocycles. The number of Topliss-reactive ketones (excluding diaryl/α,β-unsaturated/α-hetero) is 1. The summed E-state index contributed by atoms with van der Waals surface area (Å²) in [4.78, 5) is 79.3. The lowest BCUT2D eigenvalue weighted by Gasteiger charge is -2.37. The molecule has 2 aliphatic carbocycles. The lowest BCUT2D eigenvalue weighted by Crippen LogP contribution is -2.61. The summed E-state index contributed by atoms with van der Waals surface area (Å²) in [5, 5.41) is 11.2. The van der Waals surface area contributed by atoms with Crippen LogP contribution in [-0.2, 0) is 23.9 Å². The first-order chi connectivity index (χ1) is 21.3. The van der Waals surface area contributed by atoms with Gasteiger partial charge in [0.05, 0.1) is 12.1 Å². The zero-order chi connectivity index (χ0) is 34.6. The quantitative estimate of drug-likeness (QED) is 0.179. The molecule has 0 spiro atoms. The molecule has 260 valence electrons. The number of likely N-dealkylation sites (tertiary alicyclic amines) is 1. The van der Waals surface area contributed by atoms with Crippen molar-refractivity contribution in [2.45, 2.75) is 118 Å². The molecule has 6 amide bonds. The van der Waals surface area contributed by atoms with Crippen molar-refractivity contribution in [1.82, 2.24) is 26.2 Å². The fourth-order valence-electron chi connectivity index (χ4n) is 5.61. The molecule has 13 heteroatoms. The molecule has 2 saturated carbocycles. The number of primary amides is 1. The van der Waals surface area contributed by atoms with Crippen LogP contribution in [0.15, 0.2) is 0 Å². The van der Waals surface area contributed by atoms with Gasteiger partial charge in [-0.1, -0.05) is 68.2 Å². The normalized spacial score (nSPS) is 22.0. The van der Waals surface area contributed by atoms with E-state index >= 15 is 0 Å². The van der Waals surface area contributed by atoms with E-state index in [4.69, 9.17) is 10.5 Å². The van der Waals surface area contributed by atoms with Crippen LogP contribution in [0.4, 0.5) is 9.59 Å². The van der Waals surface area contributed by atoms with Gasteiger partial charge in [-0.05, 0) is 60.2 Å². The van der Waals surface area contributed by atoms with Gasteiger partial charge in [-0.2, -0.15) is 0 Å². The van der Waals surface area contributed by atoms with Gasteiger partial charge in [0.15, 0.2) is 0 Å². The van der Waals surface area contributed by atoms with Crippen LogP contribution in [0, 0.1) is 34.5 Å². The van der Waals surface area contributed by atoms with Gasteiger partial charge in [0, 0.05) is 13.1 Å². The van der Waals surface area contributed by atoms with Gasteiger partial charge in [-0.3, -0.25) is 19.2 Å². The number of amides is 6. The molecular weight excluding hydrogens is 592 g/mol. The fourth-order valence-corrected chi connectivity index (χ4v) is 5.61. The number of hydrogen-bond donors (Lipinski definition) is 5. The van der Waals surface area contributed by atoms with Crippen LogP contribution in [0.3, 0.4) is 0 Å². The molecule has 0 radical (unpaired) electrons. The maximum absolute atomic E-state index is 14.2. The van der Waals surface area contributed by atoms with Crippen LogP contribution in [0.5, 0.6) is 0 Å². The summed E-state index contributed by atoms with van der Waals surface area (Å²) in [7, 11) is 0. The summed E-state index contributed by atoms with van der Waals surface area (Å²) < 4.78 is 5.41. The second-order valence-electron chi connectivity index (χ2n) is 16.0. The van der Waals surface area contributed by atoms with Gasteiger partial charge >= 0.3 is 12.1 Å². The minimum absolute atomic E-state index is 0.0105. The zero-order valence-corrected chi connectivity index (χ0v) is 28.9. The fraction of sp³-hybridized carbons (Fsp3) is 0.818. The van der Waals surface area contributed by atoms with Crippen molar-refractivity contribution in [2.24, 2.45) is 40.2 Å². The van der Waals surface area contributed by atoms with Crippen LogP contribution in [0.2, 0.25) is 0 Å². The monoisotopic (exact) mass is 648 g/mol. The van der Waals surface area contributed by atoms with Crippen molar-refractivity contribution >= 4 is 35.6 Å². The van der Waals surface area contributed by atoms with Crippen LogP contribution in [-0.4, -0.2) is 84.4 Å². The van der Waals surface area contributed by atoms with Crippen LogP contribution >= 0.6 is 0 Å². The Bertz CT molecular complexity index is 1150. The van der Waals surface area contributed by atoms with Crippen molar-refractivity contribution in [3.05, 3.63) is 0 Å². The molecule has 3 aliphatic rings. The third-order valence-corrected chi connectivity index (χ3v) is 9.36. The summed E-state index contributed by atoms with van der Waals surface area (Å²) in [6.07, 6.45) is 4.19. The third kappa shape index (κ3) is 10.9. The van der Waals surface area contributed by atoms with Crippen molar-refractivity contribution in [3.8, 4) is 0 Å². The number of ether oxygens (including phenoxy) is 1. The van der Waals surface area contributed by atoms with E-state index < -0.39 is 70.6 Å². The molecular formula is C33H56N6O7. The Labute approximate surface area is 273 Å². The van der Waals surface area contributed by atoms with E-state index in [9.17, 15) is 28.8 Å². The molecule has 0 aromatic rings. The van der Waals surface area contributed by atoms with Gasteiger partial charge in [0.2, 0.25) is 17.6 Å². The van der Waals surface area contributed by atoms with E-state index in [1.807, 2.05) is 55.4 Å².